The molecule has 18 heavy (non-hydrogen) atoms. The van der Waals surface area contributed by atoms with E-state index in [1.165, 1.54) is 18.4 Å². The Morgan fingerprint density at radius 1 is 1.28 bits per heavy atom. The molecule has 0 radical (unpaired) electrons. The third kappa shape index (κ3) is 5.50. The molecule has 1 aromatic heterocycles. The molecular weight excluding hydrogens is 224 g/mol. The Kier molecular flexibility index (Phi) is 6.73. The van der Waals surface area contributed by atoms with Crippen molar-refractivity contribution in [2.45, 2.75) is 58.6 Å². The number of pyridine rings is 1. The number of aromatic nitrogens is 1. The summed E-state index contributed by atoms with van der Waals surface area (Å²) in [6, 6.07) is 2.70. The molecule has 3 heteroatoms. The lowest BCUT2D eigenvalue weighted by atomic mass is 10.0. The van der Waals surface area contributed by atoms with Gasteiger partial charge in [0.25, 0.3) is 0 Å². The van der Waals surface area contributed by atoms with E-state index < -0.39 is 0 Å². The zero-order valence-electron chi connectivity index (χ0n) is 12.1. The SMILES string of the molecule is CCCC(CCc1cncc(OC(C)C)c1)NC. The molecule has 0 saturated heterocycles. The lowest BCUT2D eigenvalue weighted by Crippen LogP contribution is -2.25. The van der Waals surface area contributed by atoms with Crippen LogP contribution < -0.4 is 10.1 Å². The molecule has 0 aliphatic heterocycles. The third-order valence-corrected chi connectivity index (χ3v) is 2.97. The minimum atomic E-state index is 0.201. The molecule has 1 heterocycles. The molecule has 0 amide bonds. The molecule has 0 saturated carbocycles. The number of nitrogens with zero attached hydrogens (tertiary/aromatic N) is 1. The number of rotatable bonds is 8. The van der Waals surface area contributed by atoms with Crippen LogP contribution in [0.25, 0.3) is 0 Å². The van der Waals surface area contributed by atoms with E-state index in [1.807, 2.05) is 27.1 Å². The molecule has 0 spiro atoms. The maximum absolute atomic E-state index is 5.66. The first kappa shape index (κ1) is 15.0. The number of ether oxygens (including phenoxy) is 1. The van der Waals surface area contributed by atoms with Gasteiger partial charge in [0.15, 0.2) is 0 Å². The molecule has 1 N–H and O–H groups in total. The number of nitrogens with one attached hydrogen (secondary N) is 1. The van der Waals surface area contributed by atoms with Crippen molar-refractivity contribution < 1.29 is 4.74 Å². The van der Waals surface area contributed by atoms with Crippen LogP contribution >= 0.6 is 0 Å². The van der Waals surface area contributed by atoms with E-state index in [9.17, 15) is 0 Å². The second-order valence-corrected chi connectivity index (χ2v) is 5.01. The molecular formula is C15H26N2O. The van der Waals surface area contributed by atoms with Crippen LogP contribution in [-0.2, 0) is 6.42 Å². The smallest absolute Gasteiger partial charge is 0.138 e. The summed E-state index contributed by atoms with van der Waals surface area (Å²) in [5, 5.41) is 3.37. The van der Waals surface area contributed by atoms with Crippen LogP contribution in [0.1, 0.15) is 45.6 Å². The van der Waals surface area contributed by atoms with E-state index >= 15 is 0 Å². The normalized spacial score (nSPS) is 12.7. The van der Waals surface area contributed by atoms with Crippen molar-refractivity contribution in [3.05, 3.63) is 24.0 Å². The zero-order valence-corrected chi connectivity index (χ0v) is 12.1. The Hall–Kier alpha value is -1.09. The summed E-state index contributed by atoms with van der Waals surface area (Å²) in [6.07, 6.45) is 8.57. The highest BCUT2D eigenvalue weighted by atomic mass is 16.5. The molecule has 1 atom stereocenters. The van der Waals surface area contributed by atoms with Gasteiger partial charge in [-0.05, 0) is 51.8 Å². The fraction of sp³-hybridized carbons (Fsp3) is 0.667. The second-order valence-electron chi connectivity index (χ2n) is 5.01. The molecule has 0 aliphatic rings. The maximum atomic E-state index is 5.66. The van der Waals surface area contributed by atoms with Crippen LogP contribution in [0.5, 0.6) is 5.75 Å². The van der Waals surface area contributed by atoms with Crippen LogP contribution in [0.3, 0.4) is 0 Å². The zero-order chi connectivity index (χ0) is 13.4. The molecule has 3 nitrogen and oxygen atoms in total. The Morgan fingerprint density at radius 2 is 2.06 bits per heavy atom. The van der Waals surface area contributed by atoms with Crippen molar-refractivity contribution in [3.8, 4) is 5.75 Å². The summed E-state index contributed by atoms with van der Waals surface area (Å²) in [5.41, 5.74) is 1.25. The summed E-state index contributed by atoms with van der Waals surface area (Å²) in [5.74, 6) is 0.874. The van der Waals surface area contributed by atoms with Gasteiger partial charge >= 0.3 is 0 Å². The average molecular weight is 250 g/mol. The van der Waals surface area contributed by atoms with Crippen molar-refractivity contribution in [1.29, 1.82) is 0 Å². The van der Waals surface area contributed by atoms with Crippen LogP contribution in [0, 0.1) is 0 Å². The van der Waals surface area contributed by atoms with E-state index in [1.54, 1.807) is 6.20 Å². The summed E-state index contributed by atoms with van der Waals surface area (Å²) >= 11 is 0. The predicted octanol–water partition coefficient (Wildman–Crippen LogP) is 3.19. The van der Waals surface area contributed by atoms with Gasteiger partial charge in [-0.2, -0.15) is 0 Å². The van der Waals surface area contributed by atoms with Gasteiger partial charge in [-0.1, -0.05) is 13.3 Å². The van der Waals surface area contributed by atoms with E-state index in [0.717, 1.165) is 18.6 Å². The topological polar surface area (TPSA) is 34.1 Å². The Bertz CT molecular complexity index is 339. The molecule has 0 bridgehead atoms. The summed E-state index contributed by atoms with van der Waals surface area (Å²) in [4.78, 5) is 4.24. The Balaban J connectivity index is 2.51. The van der Waals surface area contributed by atoms with Crippen molar-refractivity contribution in [3.63, 3.8) is 0 Å². The van der Waals surface area contributed by atoms with Crippen molar-refractivity contribution in [2.75, 3.05) is 7.05 Å². The third-order valence-electron chi connectivity index (χ3n) is 2.97. The highest BCUT2D eigenvalue weighted by Gasteiger charge is 2.06. The van der Waals surface area contributed by atoms with Gasteiger partial charge in [0.05, 0.1) is 12.3 Å². The first-order valence-corrected chi connectivity index (χ1v) is 6.93. The molecule has 1 aromatic rings. The molecule has 0 aliphatic carbocycles. The van der Waals surface area contributed by atoms with E-state index in [0.29, 0.717) is 6.04 Å². The van der Waals surface area contributed by atoms with E-state index in [-0.39, 0.29) is 6.10 Å². The van der Waals surface area contributed by atoms with E-state index in [2.05, 4.69) is 23.3 Å². The standard InChI is InChI=1S/C15H26N2O/c1-5-6-14(16-4)8-7-13-9-15(11-17-10-13)18-12(2)3/h9-12,14,16H,5-8H2,1-4H3. The lowest BCUT2D eigenvalue weighted by molar-refractivity contribution is 0.241. The predicted molar refractivity (Wildman–Crippen MR) is 76.1 cm³/mol. The summed E-state index contributed by atoms with van der Waals surface area (Å²) in [6.45, 7) is 6.29. The van der Waals surface area contributed by atoms with Gasteiger partial charge in [-0.15, -0.1) is 0 Å². The van der Waals surface area contributed by atoms with Gasteiger partial charge in [0.1, 0.15) is 5.75 Å². The largest absolute Gasteiger partial charge is 0.489 e. The average Bonchev–Trinajstić information content (AvgIpc) is 2.34. The van der Waals surface area contributed by atoms with Crippen LogP contribution in [0.4, 0.5) is 0 Å². The summed E-state index contributed by atoms with van der Waals surface area (Å²) in [7, 11) is 2.04. The Morgan fingerprint density at radius 3 is 2.67 bits per heavy atom. The van der Waals surface area contributed by atoms with E-state index in [4.69, 9.17) is 4.74 Å². The van der Waals surface area contributed by atoms with Crippen molar-refractivity contribution >= 4 is 0 Å². The number of hydrogen-bond acceptors (Lipinski definition) is 3. The first-order chi connectivity index (χ1) is 8.65. The number of aryl methyl sites for hydroxylation is 1. The summed E-state index contributed by atoms with van der Waals surface area (Å²) < 4.78 is 5.66. The minimum Gasteiger partial charge on any atom is -0.489 e. The fourth-order valence-electron chi connectivity index (χ4n) is 2.06. The van der Waals surface area contributed by atoms with Gasteiger partial charge in [-0.3, -0.25) is 4.98 Å². The van der Waals surface area contributed by atoms with Crippen molar-refractivity contribution in [2.24, 2.45) is 0 Å². The highest BCUT2D eigenvalue weighted by Crippen LogP contribution is 2.15. The number of hydrogen-bond donors (Lipinski definition) is 1. The Labute approximate surface area is 111 Å². The lowest BCUT2D eigenvalue weighted by Gasteiger charge is -2.15. The molecule has 0 fully saturated rings. The van der Waals surface area contributed by atoms with Crippen LogP contribution in [0.2, 0.25) is 0 Å². The minimum absolute atomic E-state index is 0.201. The van der Waals surface area contributed by atoms with Crippen LogP contribution in [-0.4, -0.2) is 24.2 Å². The van der Waals surface area contributed by atoms with Gasteiger partial charge < -0.3 is 10.1 Å². The van der Waals surface area contributed by atoms with Gasteiger partial charge in [0.2, 0.25) is 0 Å². The first-order valence-electron chi connectivity index (χ1n) is 6.93. The van der Waals surface area contributed by atoms with Gasteiger partial charge in [-0.25, -0.2) is 0 Å². The molecule has 0 aromatic carbocycles. The maximum Gasteiger partial charge on any atom is 0.138 e. The van der Waals surface area contributed by atoms with Crippen molar-refractivity contribution in [1.82, 2.24) is 10.3 Å². The monoisotopic (exact) mass is 250 g/mol. The molecule has 1 rings (SSSR count). The van der Waals surface area contributed by atoms with Gasteiger partial charge in [0, 0.05) is 12.2 Å². The van der Waals surface area contributed by atoms with Crippen LogP contribution in [0.15, 0.2) is 18.5 Å². The second kappa shape index (κ2) is 8.09. The molecule has 1 unspecified atom stereocenters. The quantitative estimate of drug-likeness (QED) is 0.769. The fourth-order valence-corrected chi connectivity index (χ4v) is 2.06. The molecule has 102 valence electrons. The highest BCUT2D eigenvalue weighted by molar-refractivity contribution is 5.23.